The fraction of sp³-hybridized carbons (Fsp3) is 0.619. The van der Waals surface area contributed by atoms with Crippen LogP contribution in [-0.2, 0) is 0 Å². The summed E-state index contributed by atoms with van der Waals surface area (Å²) in [5.41, 5.74) is 5.70. The molecule has 0 radical (unpaired) electrons. The first-order valence-electron chi connectivity index (χ1n) is 8.66. The predicted molar refractivity (Wildman–Crippen MR) is 100 cm³/mol. The summed E-state index contributed by atoms with van der Waals surface area (Å²) in [6, 6.07) is 0. The molecule has 0 bridgehead atoms. The molecule has 0 aliphatic rings. The standard InChI is InChI=1S/C21H36O/c1-18(2)10-8-13-20(4)15-9-14-19(3)11-6-7-12-21(5)16-17-22/h10-12,15,22H,6-9,13-14,16-17H2,1-5H3/b19-11+,20-15+,21-12+. The van der Waals surface area contributed by atoms with Crippen LogP contribution in [0, 0.1) is 0 Å². The molecule has 0 aliphatic heterocycles. The van der Waals surface area contributed by atoms with Crippen molar-refractivity contribution in [1.29, 1.82) is 0 Å². The molecular weight excluding hydrogens is 268 g/mol. The van der Waals surface area contributed by atoms with Crippen LogP contribution in [-0.4, -0.2) is 11.7 Å². The number of unbranched alkanes of at least 4 members (excludes halogenated alkanes) is 1. The Hall–Kier alpha value is -1.08. The molecule has 0 unspecified atom stereocenters. The van der Waals surface area contributed by atoms with Gasteiger partial charge in [0.1, 0.15) is 0 Å². The van der Waals surface area contributed by atoms with Gasteiger partial charge in [-0.3, -0.25) is 0 Å². The van der Waals surface area contributed by atoms with Crippen molar-refractivity contribution >= 4 is 0 Å². The van der Waals surface area contributed by atoms with Gasteiger partial charge in [0, 0.05) is 6.61 Å². The van der Waals surface area contributed by atoms with Gasteiger partial charge in [-0.15, -0.1) is 0 Å². The maximum atomic E-state index is 8.84. The van der Waals surface area contributed by atoms with Crippen molar-refractivity contribution in [2.45, 2.75) is 79.6 Å². The molecule has 1 nitrogen and oxygen atoms in total. The molecule has 0 aliphatic carbocycles. The van der Waals surface area contributed by atoms with Crippen LogP contribution in [0.2, 0.25) is 0 Å². The van der Waals surface area contributed by atoms with E-state index in [0.29, 0.717) is 0 Å². The second kappa shape index (κ2) is 13.6. The van der Waals surface area contributed by atoms with E-state index in [4.69, 9.17) is 5.11 Å². The third-order valence-corrected chi connectivity index (χ3v) is 3.78. The Morgan fingerprint density at radius 3 is 1.45 bits per heavy atom. The van der Waals surface area contributed by atoms with Crippen LogP contribution in [0.15, 0.2) is 46.6 Å². The van der Waals surface area contributed by atoms with Gasteiger partial charge in [-0.05, 0) is 79.6 Å². The Morgan fingerprint density at radius 2 is 1.00 bits per heavy atom. The van der Waals surface area contributed by atoms with Crippen molar-refractivity contribution in [3.05, 3.63) is 46.6 Å². The maximum Gasteiger partial charge on any atom is 0.0468 e. The second-order valence-electron chi connectivity index (χ2n) is 6.56. The van der Waals surface area contributed by atoms with E-state index in [9.17, 15) is 0 Å². The van der Waals surface area contributed by atoms with E-state index in [1.54, 1.807) is 0 Å². The number of aliphatic hydroxyl groups excluding tert-OH is 1. The highest BCUT2D eigenvalue weighted by atomic mass is 16.2. The number of allylic oxidation sites excluding steroid dienone is 7. The third-order valence-electron chi connectivity index (χ3n) is 3.78. The monoisotopic (exact) mass is 304 g/mol. The summed E-state index contributed by atoms with van der Waals surface area (Å²) in [6.45, 7) is 11.1. The molecule has 0 atom stereocenters. The van der Waals surface area contributed by atoms with Crippen molar-refractivity contribution in [3.8, 4) is 0 Å². The van der Waals surface area contributed by atoms with Crippen molar-refractivity contribution in [3.63, 3.8) is 0 Å². The first-order valence-corrected chi connectivity index (χ1v) is 8.66. The summed E-state index contributed by atoms with van der Waals surface area (Å²) in [5.74, 6) is 0. The van der Waals surface area contributed by atoms with Crippen LogP contribution < -0.4 is 0 Å². The minimum Gasteiger partial charge on any atom is -0.396 e. The first-order chi connectivity index (χ1) is 10.5. The largest absolute Gasteiger partial charge is 0.396 e. The van der Waals surface area contributed by atoms with Gasteiger partial charge < -0.3 is 5.11 Å². The van der Waals surface area contributed by atoms with Crippen molar-refractivity contribution < 1.29 is 5.11 Å². The summed E-state index contributed by atoms with van der Waals surface area (Å²) < 4.78 is 0. The van der Waals surface area contributed by atoms with Crippen LogP contribution in [0.5, 0.6) is 0 Å². The average Bonchev–Trinajstić information content (AvgIpc) is 2.43. The normalized spacial score (nSPS) is 13.5. The van der Waals surface area contributed by atoms with Gasteiger partial charge in [-0.1, -0.05) is 46.6 Å². The first kappa shape index (κ1) is 20.9. The number of aliphatic hydroxyl groups is 1. The molecule has 0 spiro atoms. The van der Waals surface area contributed by atoms with Crippen LogP contribution in [0.1, 0.15) is 79.6 Å². The van der Waals surface area contributed by atoms with E-state index in [1.165, 1.54) is 41.6 Å². The van der Waals surface area contributed by atoms with Gasteiger partial charge in [-0.2, -0.15) is 0 Å². The molecule has 0 aromatic heterocycles. The molecule has 0 heterocycles. The molecule has 0 saturated heterocycles. The Balaban J connectivity index is 3.92. The molecule has 1 N–H and O–H groups in total. The molecule has 0 aromatic rings. The van der Waals surface area contributed by atoms with E-state index in [1.807, 2.05) is 0 Å². The molecule has 0 rings (SSSR count). The molecule has 0 amide bonds. The summed E-state index contributed by atoms with van der Waals surface area (Å²) in [4.78, 5) is 0. The predicted octanol–water partition coefficient (Wildman–Crippen LogP) is 6.51. The van der Waals surface area contributed by atoms with E-state index in [2.05, 4.69) is 58.9 Å². The van der Waals surface area contributed by atoms with Gasteiger partial charge in [0.15, 0.2) is 0 Å². The highest BCUT2D eigenvalue weighted by Gasteiger charge is 1.92. The highest BCUT2D eigenvalue weighted by Crippen LogP contribution is 2.12. The van der Waals surface area contributed by atoms with Crippen LogP contribution in [0.4, 0.5) is 0 Å². The Labute approximate surface area is 138 Å². The molecule has 22 heavy (non-hydrogen) atoms. The van der Waals surface area contributed by atoms with E-state index >= 15 is 0 Å². The summed E-state index contributed by atoms with van der Waals surface area (Å²) >= 11 is 0. The average molecular weight is 305 g/mol. The zero-order valence-corrected chi connectivity index (χ0v) is 15.4. The zero-order valence-electron chi connectivity index (χ0n) is 15.4. The summed E-state index contributed by atoms with van der Waals surface area (Å²) in [7, 11) is 0. The summed E-state index contributed by atoms with van der Waals surface area (Å²) in [6.07, 6.45) is 17.0. The Morgan fingerprint density at radius 1 is 0.591 bits per heavy atom. The minimum absolute atomic E-state index is 0.260. The van der Waals surface area contributed by atoms with Gasteiger partial charge in [0.05, 0.1) is 0 Å². The molecule has 126 valence electrons. The van der Waals surface area contributed by atoms with Gasteiger partial charge >= 0.3 is 0 Å². The van der Waals surface area contributed by atoms with Crippen LogP contribution in [0.25, 0.3) is 0 Å². The molecular formula is C21H36O. The lowest BCUT2D eigenvalue weighted by Crippen LogP contribution is -1.84. The molecule has 0 aromatic carbocycles. The van der Waals surface area contributed by atoms with Crippen molar-refractivity contribution in [1.82, 2.24) is 0 Å². The molecule has 0 fully saturated rings. The molecule has 0 saturated carbocycles. The fourth-order valence-electron chi connectivity index (χ4n) is 2.28. The topological polar surface area (TPSA) is 20.2 Å². The maximum absolute atomic E-state index is 8.84. The molecule has 1 heteroatoms. The van der Waals surface area contributed by atoms with Crippen LogP contribution >= 0.6 is 0 Å². The summed E-state index contributed by atoms with van der Waals surface area (Å²) in [5, 5.41) is 8.84. The lowest BCUT2D eigenvalue weighted by Gasteiger charge is -2.02. The minimum atomic E-state index is 0.260. The lowest BCUT2D eigenvalue weighted by molar-refractivity contribution is 0.299. The number of hydrogen-bond acceptors (Lipinski definition) is 1. The third kappa shape index (κ3) is 13.9. The quantitative estimate of drug-likeness (QED) is 0.340. The highest BCUT2D eigenvalue weighted by molar-refractivity contribution is 5.06. The fourth-order valence-corrected chi connectivity index (χ4v) is 2.28. The van der Waals surface area contributed by atoms with Crippen molar-refractivity contribution in [2.75, 3.05) is 6.61 Å². The van der Waals surface area contributed by atoms with Gasteiger partial charge in [0.25, 0.3) is 0 Å². The van der Waals surface area contributed by atoms with Crippen molar-refractivity contribution in [2.24, 2.45) is 0 Å². The lowest BCUT2D eigenvalue weighted by atomic mass is 10.1. The number of hydrogen-bond donors (Lipinski definition) is 1. The van der Waals surface area contributed by atoms with E-state index < -0.39 is 0 Å². The zero-order chi connectivity index (χ0) is 16.8. The Bertz CT molecular complexity index is 404. The van der Waals surface area contributed by atoms with Crippen LogP contribution in [0.3, 0.4) is 0 Å². The van der Waals surface area contributed by atoms with E-state index in [-0.39, 0.29) is 6.61 Å². The van der Waals surface area contributed by atoms with Gasteiger partial charge in [-0.25, -0.2) is 0 Å². The number of rotatable bonds is 11. The van der Waals surface area contributed by atoms with Gasteiger partial charge in [0.2, 0.25) is 0 Å². The second-order valence-corrected chi connectivity index (χ2v) is 6.56. The SMILES string of the molecule is CC(C)=CCC/C(C)=C/CC/C(C)=C/CC/C=C(\C)CCO. The Kier molecular flexibility index (Phi) is 12.9. The smallest absolute Gasteiger partial charge is 0.0468 e. The van der Waals surface area contributed by atoms with E-state index in [0.717, 1.165) is 25.7 Å².